The van der Waals surface area contributed by atoms with Crippen molar-refractivity contribution in [3.63, 3.8) is 0 Å². The van der Waals surface area contributed by atoms with Crippen LogP contribution in [0.25, 0.3) is 108 Å². The molecule has 0 unspecified atom stereocenters. The normalized spacial score (nSPS) is 11.8. The van der Waals surface area contributed by atoms with Gasteiger partial charge in [-0.05, 0) is 80.0 Å². The lowest BCUT2D eigenvalue weighted by Crippen LogP contribution is -2.13. The van der Waals surface area contributed by atoms with Crippen LogP contribution in [0.2, 0.25) is 0 Å². The number of hydrogen-bond acceptors (Lipinski definition) is 3. The Kier molecular flexibility index (Phi) is 8.12. The van der Waals surface area contributed by atoms with Crippen molar-refractivity contribution < 1.29 is 4.42 Å². The van der Waals surface area contributed by atoms with Gasteiger partial charge in [-0.25, -0.2) is 0 Å². The number of anilines is 3. The maximum Gasteiger partial charge on any atom is 0.143 e. The Labute approximate surface area is 368 Å². The maximum absolute atomic E-state index is 6.76. The topological polar surface area (TPSA) is 16.4 Å². The van der Waals surface area contributed by atoms with Gasteiger partial charge in [-0.2, -0.15) is 0 Å². The molecule has 0 aliphatic carbocycles. The summed E-state index contributed by atoms with van der Waals surface area (Å²) < 4.78 is 9.37. The average molecular weight is 820 g/mol. The number of rotatable bonds is 6. The summed E-state index contributed by atoms with van der Waals surface area (Å²) in [7, 11) is 0. The predicted octanol–water partition coefficient (Wildman–Crippen LogP) is 17.9. The van der Waals surface area contributed by atoms with Crippen molar-refractivity contribution in [2.24, 2.45) is 0 Å². The van der Waals surface area contributed by atoms with Gasteiger partial charge in [0.2, 0.25) is 0 Å². The second-order valence-electron chi connectivity index (χ2n) is 16.3. The third-order valence-electron chi connectivity index (χ3n) is 12.9. The van der Waals surface area contributed by atoms with Gasteiger partial charge >= 0.3 is 0 Å². The molecule has 0 saturated heterocycles. The Balaban J connectivity index is 1.14. The second kappa shape index (κ2) is 14.3. The minimum atomic E-state index is 0.884. The van der Waals surface area contributed by atoms with Crippen LogP contribution in [0.15, 0.2) is 229 Å². The van der Waals surface area contributed by atoms with Crippen molar-refractivity contribution in [1.29, 1.82) is 0 Å². The number of nitrogens with zero attached hydrogens (tertiary/aromatic N) is 1. The summed E-state index contributed by atoms with van der Waals surface area (Å²) >= 11 is 1.86. The number of para-hydroxylation sites is 3. The molecule has 0 amide bonds. The lowest BCUT2D eigenvalue weighted by Gasteiger charge is -2.32. The van der Waals surface area contributed by atoms with Crippen LogP contribution in [0.1, 0.15) is 0 Å². The first kappa shape index (κ1) is 35.7. The molecule has 2 aromatic heterocycles. The maximum atomic E-state index is 6.76. The van der Waals surface area contributed by atoms with Crippen LogP contribution in [-0.2, 0) is 0 Å². The fraction of sp³-hybridized carbons (Fsp3) is 0. The van der Waals surface area contributed by atoms with Crippen molar-refractivity contribution in [1.82, 2.24) is 0 Å². The Bertz CT molecular complexity index is 3920. The molecule has 0 bridgehead atoms. The average Bonchev–Trinajstić information content (AvgIpc) is 3.93. The number of furan rings is 1. The molecular weight excluding hydrogens is 783 g/mol. The van der Waals surface area contributed by atoms with Gasteiger partial charge in [0.25, 0.3) is 0 Å². The van der Waals surface area contributed by atoms with E-state index in [0.29, 0.717) is 0 Å². The Morgan fingerprint density at radius 3 is 1.76 bits per heavy atom. The molecule has 0 aliphatic heterocycles. The molecule has 13 aromatic rings. The highest BCUT2D eigenvalue weighted by atomic mass is 32.1. The molecule has 11 aromatic carbocycles. The van der Waals surface area contributed by atoms with Crippen molar-refractivity contribution >= 4 is 103 Å². The third-order valence-corrected chi connectivity index (χ3v) is 14.0. The number of thiophene rings is 1. The van der Waals surface area contributed by atoms with Crippen molar-refractivity contribution in [3.8, 4) is 33.4 Å². The van der Waals surface area contributed by atoms with E-state index in [0.717, 1.165) is 50.1 Å². The molecule has 0 N–H and O–H groups in total. The fourth-order valence-corrected chi connectivity index (χ4v) is 11.3. The first-order valence-corrected chi connectivity index (χ1v) is 22.3. The lowest BCUT2D eigenvalue weighted by atomic mass is 9.87. The molecule has 0 atom stereocenters. The highest BCUT2D eigenvalue weighted by Gasteiger charge is 2.27. The van der Waals surface area contributed by atoms with Crippen LogP contribution < -0.4 is 4.90 Å². The summed E-state index contributed by atoms with van der Waals surface area (Å²) in [5.74, 6) is 0. The number of fused-ring (bicyclic) bond motifs is 10. The van der Waals surface area contributed by atoms with Gasteiger partial charge < -0.3 is 9.32 Å². The standard InChI is InChI=1S/C60H37NOS/c1-2-18-41-38(16-1)17-13-27-47(41)58-48-23-5-3-19-43(48)44-20-4-6-24-49(44)59(58)61(40-36-34-39(35-37-40)42-26-15-33-56-57(42)52-25-9-12-32-55(52)63-56)53-30-10-7-21-45(53)50-28-14-29-51-46-22-8-11-31-54(46)62-60(50)51/h1-37H. The zero-order valence-corrected chi connectivity index (χ0v) is 34.9. The summed E-state index contributed by atoms with van der Waals surface area (Å²) in [6, 6.07) is 81.9. The smallest absolute Gasteiger partial charge is 0.143 e. The van der Waals surface area contributed by atoms with Crippen LogP contribution in [0.5, 0.6) is 0 Å². The fourth-order valence-electron chi connectivity index (χ4n) is 10.1. The first-order valence-electron chi connectivity index (χ1n) is 21.5. The monoisotopic (exact) mass is 819 g/mol. The van der Waals surface area contributed by atoms with E-state index in [9.17, 15) is 0 Å². The highest BCUT2D eigenvalue weighted by Crippen LogP contribution is 2.53. The van der Waals surface area contributed by atoms with Crippen LogP contribution in [0.4, 0.5) is 17.1 Å². The SMILES string of the molecule is c1ccc(N(c2ccc(-c3cccc4sc5ccccc5c34)cc2)c2c(-c3cccc4ccccc34)c3ccccc3c3ccccc23)c(-c2cccc3c2oc2ccccc23)c1. The van der Waals surface area contributed by atoms with E-state index in [2.05, 4.69) is 223 Å². The summed E-state index contributed by atoms with van der Waals surface area (Å²) in [5.41, 5.74) is 12.0. The summed E-state index contributed by atoms with van der Waals surface area (Å²) in [5, 5.41) is 12.1. The van der Waals surface area contributed by atoms with Gasteiger partial charge in [0.15, 0.2) is 0 Å². The molecule has 0 radical (unpaired) electrons. The molecule has 294 valence electrons. The third kappa shape index (κ3) is 5.57. The second-order valence-corrected chi connectivity index (χ2v) is 17.4. The molecule has 2 heterocycles. The van der Waals surface area contributed by atoms with E-state index in [4.69, 9.17) is 4.42 Å². The molecule has 0 aliphatic rings. The minimum absolute atomic E-state index is 0.884. The Morgan fingerprint density at radius 2 is 0.905 bits per heavy atom. The van der Waals surface area contributed by atoms with E-state index in [1.54, 1.807) is 0 Å². The van der Waals surface area contributed by atoms with Crippen molar-refractivity contribution in [2.75, 3.05) is 4.90 Å². The van der Waals surface area contributed by atoms with E-state index in [1.165, 1.54) is 74.7 Å². The Hall–Kier alpha value is -7.98. The summed E-state index contributed by atoms with van der Waals surface area (Å²) in [4.78, 5) is 2.52. The van der Waals surface area contributed by atoms with Gasteiger partial charge in [0.1, 0.15) is 11.2 Å². The zero-order valence-electron chi connectivity index (χ0n) is 34.1. The largest absolute Gasteiger partial charge is 0.455 e. The zero-order chi connectivity index (χ0) is 41.4. The van der Waals surface area contributed by atoms with E-state index >= 15 is 0 Å². The van der Waals surface area contributed by atoms with Crippen LogP contribution >= 0.6 is 11.3 Å². The van der Waals surface area contributed by atoms with Crippen molar-refractivity contribution in [3.05, 3.63) is 224 Å². The number of benzene rings is 11. The van der Waals surface area contributed by atoms with E-state index < -0.39 is 0 Å². The summed E-state index contributed by atoms with van der Waals surface area (Å²) in [6.45, 7) is 0. The van der Waals surface area contributed by atoms with E-state index in [-0.39, 0.29) is 0 Å². The van der Waals surface area contributed by atoms with Crippen LogP contribution in [-0.4, -0.2) is 0 Å². The Morgan fingerprint density at radius 1 is 0.349 bits per heavy atom. The van der Waals surface area contributed by atoms with Crippen LogP contribution in [0, 0.1) is 0 Å². The summed E-state index contributed by atoms with van der Waals surface area (Å²) in [6.07, 6.45) is 0. The molecule has 13 rings (SSSR count). The molecule has 0 spiro atoms. The molecule has 63 heavy (non-hydrogen) atoms. The lowest BCUT2D eigenvalue weighted by molar-refractivity contribution is 0.670. The predicted molar refractivity (Wildman–Crippen MR) is 270 cm³/mol. The quantitative estimate of drug-likeness (QED) is 0.155. The molecule has 0 saturated carbocycles. The highest BCUT2D eigenvalue weighted by molar-refractivity contribution is 7.25. The van der Waals surface area contributed by atoms with Gasteiger partial charge in [-0.1, -0.05) is 188 Å². The molecule has 3 heteroatoms. The number of hydrogen-bond donors (Lipinski definition) is 0. The van der Waals surface area contributed by atoms with Crippen LogP contribution in [0.3, 0.4) is 0 Å². The van der Waals surface area contributed by atoms with Gasteiger partial charge in [0.05, 0.1) is 11.4 Å². The van der Waals surface area contributed by atoms with Gasteiger partial charge in [-0.15, -0.1) is 11.3 Å². The van der Waals surface area contributed by atoms with Gasteiger partial charge in [-0.3, -0.25) is 0 Å². The molecule has 2 nitrogen and oxygen atoms in total. The first-order chi connectivity index (χ1) is 31.3. The minimum Gasteiger partial charge on any atom is -0.455 e. The molecular formula is C60H37NOS. The molecule has 0 fully saturated rings. The van der Waals surface area contributed by atoms with Crippen molar-refractivity contribution in [2.45, 2.75) is 0 Å². The van der Waals surface area contributed by atoms with E-state index in [1.807, 2.05) is 17.4 Å². The van der Waals surface area contributed by atoms with Gasteiger partial charge in [0, 0.05) is 58.7 Å².